The van der Waals surface area contributed by atoms with Crippen molar-refractivity contribution in [3.63, 3.8) is 0 Å². The summed E-state index contributed by atoms with van der Waals surface area (Å²) in [5, 5.41) is 38.1. The quantitative estimate of drug-likeness (QED) is 0.310. The van der Waals surface area contributed by atoms with Gasteiger partial charge in [0, 0.05) is 0 Å². The van der Waals surface area contributed by atoms with Crippen molar-refractivity contribution in [1.29, 1.82) is 0 Å². The van der Waals surface area contributed by atoms with Crippen molar-refractivity contribution in [1.82, 2.24) is 0 Å². The van der Waals surface area contributed by atoms with Crippen molar-refractivity contribution in [2.75, 3.05) is 0 Å². The molecule has 0 saturated heterocycles. The van der Waals surface area contributed by atoms with Crippen molar-refractivity contribution in [2.24, 2.45) is 0 Å². The molecule has 0 bridgehead atoms. The second-order valence-corrected chi connectivity index (χ2v) is 0.592. The third-order valence-corrected chi connectivity index (χ3v) is 0. The largest absolute Gasteiger partial charge is 2.00 e. The Hall–Kier alpha value is 0.475. The van der Waals surface area contributed by atoms with E-state index >= 15 is 0 Å². The van der Waals surface area contributed by atoms with E-state index in [0.29, 0.717) is 0 Å². The molecule has 0 radical (unpaired) electrons. The molecule has 0 aromatic rings. The Morgan fingerprint density at radius 1 is 1.44 bits per heavy atom. The number of hydrogen-bond donors (Lipinski definition) is 3. The molecule has 0 amide bonds. The predicted molar refractivity (Wildman–Crippen MR) is 24.0 cm³/mol. The van der Waals surface area contributed by atoms with Crippen molar-refractivity contribution >= 4 is 51.2 Å². The Morgan fingerprint density at radius 3 is 1.44 bits per heavy atom. The van der Waals surface area contributed by atoms with Gasteiger partial charge in [0.15, 0.2) is 0 Å². The van der Waals surface area contributed by atoms with E-state index in [9.17, 15) is 0 Å². The first-order valence-electron chi connectivity index (χ1n) is 1.38. The summed E-state index contributed by atoms with van der Waals surface area (Å²) in [7, 11) is -2.42. The van der Waals surface area contributed by atoms with E-state index in [-0.39, 0.29) is 37.7 Å². The monoisotopic (exact) mass is 162 g/mol. The Balaban J connectivity index is -0.0000000720. The van der Waals surface area contributed by atoms with E-state index in [1.54, 1.807) is 0 Å². The zero-order valence-corrected chi connectivity index (χ0v) is 6.56. The van der Waals surface area contributed by atoms with Crippen LogP contribution >= 0.6 is 0 Å². The van der Waals surface area contributed by atoms with Gasteiger partial charge in [0.1, 0.15) is 0 Å². The van der Waals surface area contributed by atoms with Crippen LogP contribution in [0, 0.1) is 0 Å². The van der Waals surface area contributed by atoms with Gasteiger partial charge in [-0.05, 0) is 0 Å². The topological polar surface area (TPSA) is 124 Å². The maximum Gasteiger partial charge on any atom is 2.00 e. The molecule has 6 nitrogen and oxygen atoms in total. The molecule has 0 aliphatic rings. The van der Waals surface area contributed by atoms with E-state index in [2.05, 4.69) is 0 Å². The summed E-state index contributed by atoms with van der Waals surface area (Å²) < 4.78 is 0. The normalized spacial score (nSPS) is 5.67. The minimum absolute atomic E-state index is 0. The maximum absolute atomic E-state index is 8.64. The average Bonchev–Trinajstić information content (AvgIpc) is 1.25. The van der Waals surface area contributed by atoms with Crippen LogP contribution in [0.25, 0.3) is 0 Å². The molecule has 48 valence electrons. The molecular formula is CH3BCaO6. The smallest absolute Gasteiger partial charge is 0.832 e. The van der Waals surface area contributed by atoms with E-state index in [1.807, 2.05) is 0 Å². The molecule has 0 aliphatic carbocycles. The molecule has 0 aromatic heterocycles. The standard InChI is InChI=1S/CH2O3.BH2O3.Ca/c2*2-1(3)4;/h(H2,2,3,4);2-3H;/q;-1;+2/p-1. The van der Waals surface area contributed by atoms with Crippen LogP contribution in [0.4, 0.5) is 4.79 Å². The molecule has 0 heterocycles. The van der Waals surface area contributed by atoms with Gasteiger partial charge in [-0.2, -0.15) is 0 Å². The van der Waals surface area contributed by atoms with Crippen LogP contribution in [0.5, 0.6) is 0 Å². The Labute approximate surface area is 80.9 Å². The molecule has 0 fully saturated rings. The molecule has 0 rings (SSSR count). The SMILES string of the molecule is O=C([O-])O.[Ca+2].[O-]B(O)O. The first kappa shape index (κ1) is 16.2. The number of carboxylic acid groups (broad SMARTS) is 2. The fourth-order valence-corrected chi connectivity index (χ4v) is 0. The van der Waals surface area contributed by atoms with Crippen LogP contribution in [0.2, 0.25) is 0 Å². The molecular weight excluding hydrogens is 159 g/mol. The summed E-state index contributed by atoms with van der Waals surface area (Å²) in [6.45, 7) is 0. The van der Waals surface area contributed by atoms with Gasteiger partial charge in [0.25, 0.3) is 0 Å². The van der Waals surface area contributed by atoms with E-state index in [1.165, 1.54) is 0 Å². The zero-order valence-electron chi connectivity index (χ0n) is 4.35. The number of rotatable bonds is 0. The molecule has 0 aromatic carbocycles. The first-order chi connectivity index (χ1) is 3.46. The zero-order chi connectivity index (χ0) is 7.15. The van der Waals surface area contributed by atoms with Crippen LogP contribution in [0.15, 0.2) is 0 Å². The number of hydrogen-bond acceptors (Lipinski definition) is 5. The fraction of sp³-hybridized carbons (Fsp3) is 0. The van der Waals surface area contributed by atoms with Crippen LogP contribution in [0.3, 0.4) is 0 Å². The summed E-state index contributed by atoms with van der Waals surface area (Å²) in [6.07, 6.45) is -2.08. The van der Waals surface area contributed by atoms with Gasteiger partial charge < -0.3 is 30.1 Å². The molecule has 9 heavy (non-hydrogen) atoms. The van der Waals surface area contributed by atoms with Gasteiger partial charge in [-0.15, -0.1) is 0 Å². The van der Waals surface area contributed by atoms with Gasteiger partial charge in [-0.25, -0.2) is 0 Å². The first-order valence-corrected chi connectivity index (χ1v) is 1.38. The third-order valence-electron chi connectivity index (χ3n) is 0. The summed E-state index contributed by atoms with van der Waals surface area (Å²) in [5.41, 5.74) is 0. The Morgan fingerprint density at radius 2 is 1.44 bits per heavy atom. The van der Waals surface area contributed by atoms with Crippen molar-refractivity contribution in [2.45, 2.75) is 0 Å². The fourth-order valence-electron chi connectivity index (χ4n) is 0. The summed E-state index contributed by atoms with van der Waals surface area (Å²) in [4.78, 5) is 8.44. The second kappa shape index (κ2) is 11.3. The molecule has 0 aliphatic heterocycles. The molecule has 0 atom stereocenters. The third kappa shape index (κ3) is 1580. The minimum atomic E-state index is -2.42. The van der Waals surface area contributed by atoms with Crippen molar-refractivity contribution in [3.8, 4) is 0 Å². The summed E-state index contributed by atoms with van der Waals surface area (Å²) >= 11 is 0. The molecule has 0 saturated carbocycles. The van der Waals surface area contributed by atoms with Gasteiger partial charge in [0.2, 0.25) is 6.16 Å². The van der Waals surface area contributed by atoms with Gasteiger partial charge >= 0.3 is 45.1 Å². The van der Waals surface area contributed by atoms with Crippen molar-refractivity contribution in [3.05, 3.63) is 0 Å². The van der Waals surface area contributed by atoms with Gasteiger partial charge in [-0.3, -0.25) is 0 Å². The minimum Gasteiger partial charge on any atom is -0.832 e. The Bertz CT molecular complexity index is 57.3. The van der Waals surface area contributed by atoms with Crippen LogP contribution in [-0.2, 0) is 0 Å². The van der Waals surface area contributed by atoms with E-state index in [4.69, 9.17) is 30.1 Å². The van der Waals surface area contributed by atoms with E-state index < -0.39 is 13.5 Å². The average molecular weight is 162 g/mol. The second-order valence-electron chi connectivity index (χ2n) is 0.592. The molecule has 0 spiro atoms. The number of carbonyl (C=O) groups is 1. The summed E-state index contributed by atoms with van der Waals surface area (Å²) in [6, 6.07) is 0. The van der Waals surface area contributed by atoms with Gasteiger partial charge in [0.05, 0.1) is 0 Å². The predicted octanol–water partition coefficient (Wildman–Crippen LogP) is -4.18. The van der Waals surface area contributed by atoms with Crippen LogP contribution in [0.1, 0.15) is 0 Å². The van der Waals surface area contributed by atoms with Crippen molar-refractivity contribution < 1.29 is 30.1 Å². The maximum atomic E-state index is 8.64. The van der Waals surface area contributed by atoms with Crippen LogP contribution in [-0.4, -0.2) is 66.4 Å². The Kier molecular flexibility index (Phi) is 20.4. The van der Waals surface area contributed by atoms with E-state index in [0.717, 1.165) is 0 Å². The van der Waals surface area contributed by atoms with Gasteiger partial charge in [-0.1, -0.05) is 0 Å². The van der Waals surface area contributed by atoms with Crippen LogP contribution < -0.4 is 10.1 Å². The summed E-state index contributed by atoms with van der Waals surface area (Å²) in [5.74, 6) is 0. The molecule has 3 N–H and O–H groups in total. The molecule has 8 heteroatoms. The molecule has 0 unspecified atom stereocenters.